The van der Waals surface area contributed by atoms with Crippen LogP contribution in [0.15, 0.2) is 70.9 Å². The number of H-pyrrole nitrogens is 1. The summed E-state index contributed by atoms with van der Waals surface area (Å²) in [5, 5.41) is 3.95. The number of rotatable bonds is 6. The number of pyridine rings is 1. The van der Waals surface area contributed by atoms with Crippen molar-refractivity contribution in [3.63, 3.8) is 0 Å². The average molecular weight is 324 g/mol. The van der Waals surface area contributed by atoms with E-state index in [0.717, 1.165) is 23.5 Å². The van der Waals surface area contributed by atoms with E-state index in [0.29, 0.717) is 10.9 Å². The minimum absolute atomic E-state index is 0.148. The SMILES string of the molecule is O=c1cc(-c2ccncc2)nc(SCCNc2ccccc2)[nH]1. The molecule has 0 saturated carbocycles. The highest BCUT2D eigenvalue weighted by atomic mass is 32.2. The predicted octanol–water partition coefficient (Wildman–Crippen LogP) is 3.04. The third-order valence-electron chi connectivity index (χ3n) is 3.14. The molecule has 0 saturated heterocycles. The smallest absolute Gasteiger partial charge is 0.252 e. The van der Waals surface area contributed by atoms with Crippen molar-refractivity contribution < 1.29 is 0 Å². The molecule has 2 aromatic heterocycles. The van der Waals surface area contributed by atoms with E-state index < -0.39 is 0 Å². The van der Waals surface area contributed by atoms with E-state index in [1.165, 1.54) is 17.8 Å². The zero-order valence-corrected chi connectivity index (χ0v) is 13.2. The fraction of sp³-hybridized carbons (Fsp3) is 0.118. The number of aromatic amines is 1. The number of anilines is 1. The summed E-state index contributed by atoms with van der Waals surface area (Å²) in [5.74, 6) is 0.803. The van der Waals surface area contributed by atoms with Gasteiger partial charge < -0.3 is 10.3 Å². The van der Waals surface area contributed by atoms with Gasteiger partial charge in [0.05, 0.1) is 5.69 Å². The molecule has 0 radical (unpaired) electrons. The largest absolute Gasteiger partial charge is 0.384 e. The molecule has 0 spiro atoms. The number of aromatic nitrogens is 3. The van der Waals surface area contributed by atoms with Crippen LogP contribution in [0.1, 0.15) is 0 Å². The second kappa shape index (κ2) is 7.60. The van der Waals surface area contributed by atoms with Gasteiger partial charge in [-0.2, -0.15) is 0 Å². The molecule has 23 heavy (non-hydrogen) atoms. The van der Waals surface area contributed by atoms with Crippen molar-refractivity contribution in [2.24, 2.45) is 0 Å². The Balaban J connectivity index is 1.62. The highest BCUT2D eigenvalue weighted by Gasteiger charge is 2.04. The van der Waals surface area contributed by atoms with Crippen molar-refractivity contribution >= 4 is 17.4 Å². The number of thioether (sulfide) groups is 1. The standard InChI is InChI=1S/C17H16N4OS/c22-16-12-15(13-6-8-18-9-7-13)20-17(21-16)23-11-10-19-14-4-2-1-3-5-14/h1-9,12,19H,10-11H2,(H,20,21,22). The Kier molecular flexibility index (Phi) is 5.06. The van der Waals surface area contributed by atoms with Gasteiger partial charge in [-0.1, -0.05) is 30.0 Å². The van der Waals surface area contributed by atoms with Crippen molar-refractivity contribution in [2.45, 2.75) is 5.16 Å². The molecule has 0 fully saturated rings. The molecule has 116 valence electrons. The fourth-order valence-electron chi connectivity index (χ4n) is 2.07. The Morgan fingerprint density at radius 1 is 1.09 bits per heavy atom. The first kappa shape index (κ1) is 15.3. The number of hydrogen-bond donors (Lipinski definition) is 2. The van der Waals surface area contributed by atoms with E-state index >= 15 is 0 Å². The summed E-state index contributed by atoms with van der Waals surface area (Å²) < 4.78 is 0. The molecule has 0 aliphatic rings. The van der Waals surface area contributed by atoms with Crippen LogP contribution in [0.25, 0.3) is 11.3 Å². The normalized spacial score (nSPS) is 10.4. The molecule has 0 amide bonds. The summed E-state index contributed by atoms with van der Waals surface area (Å²) in [6, 6.07) is 15.2. The van der Waals surface area contributed by atoms with Gasteiger partial charge in [-0.15, -0.1) is 0 Å². The highest BCUT2D eigenvalue weighted by Crippen LogP contribution is 2.18. The van der Waals surface area contributed by atoms with Gasteiger partial charge in [-0.05, 0) is 24.3 Å². The Morgan fingerprint density at radius 2 is 1.87 bits per heavy atom. The third-order valence-corrected chi connectivity index (χ3v) is 4.01. The number of nitrogens with one attached hydrogen (secondary N) is 2. The molecular formula is C17H16N4OS. The van der Waals surface area contributed by atoms with Crippen LogP contribution in [0.3, 0.4) is 0 Å². The highest BCUT2D eigenvalue weighted by molar-refractivity contribution is 7.99. The first-order valence-corrected chi connectivity index (χ1v) is 8.23. The minimum Gasteiger partial charge on any atom is -0.384 e. The molecule has 6 heteroatoms. The Hall–Kier alpha value is -2.60. The number of hydrogen-bond acceptors (Lipinski definition) is 5. The number of para-hydroxylation sites is 1. The quantitative estimate of drug-likeness (QED) is 0.414. The van der Waals surface area contributed by atoms with Gasteiger partial charge in [-0.3, -0.25) is 9.78 Å². The predicted molar refractivity (Wildman–Crippen MR) is 93.7 cm³/mol. The summed E-state index contributed by atoms with van der Waals surface area (Å²) in [5.41, 5.74) is 2.48. The molecule has 0 atom stereocenters. The molecule has 3 aromatic rings. The van der Waals surface area contributed by atoms with Crippen molar-refractivity contribution in [3.05, 3.63) is 71.3 Å². The lowest BCUT2D eigenvalue weighted by Gasteiger charge is -2.06. The molecule has 2 N–H and O–H groups in total. The molecule has 0 unspecified atom stereocenters. The monoisotopic (exact) mass is 324 g/mol. The second-order valence-electron chi connectivity index (χ2n) is 4.81. The van der Waals surface area contributed by atoms with Gasteiger partial charge in [-0.25, -0.2) is 4.98 Å². The van der Waals surface area contributed by atoms with Crippen molar-refractivity contribution in [1.82, 2.24) is 15.0 Å². The van der Waals surface area contributed by atoms with Crippen LogP contribution in [-0.4, -0.2) is 27.2 Å². The molecule has 0 aliphatic heterocycles. The third kappa shape index (κ3) is 4.43. The summed E-state index contributed by atoms with van der Waals surface area (Å²) in [7, 11) is 0. The first-order valence-electron chi connectivity index (χ1n) is 7.25. The van der Waals surface area contributed by atoms with Crippen LogP contribution in [0, 0.1) is 0 Å². The van der Waals surface area contributed by atoms with Gasteiger partial charge >= 0.3 is 0 Å². The van der Waals surface area contributed by atoms with Crippen LogP contribution in [0.2, 0.25) is 0 Å². The first-order chi connectivity index (χ1) is 11.3. The van der Waals surface area contributed by atoms with Crippen molar-refractivity contribution in [3.8, 4) is 11.3 Å². The van der Waals surface area contributed by atoms with Gasteiger partial charge in [0.25, 0.3) is 5.56 Å². The van der Waals surface area contributed by atoms with Gasteiger partial charge in [0.1, 0.15) is 0 Å². The van der Waals surface area contributed by atoms with Crippen LogP contribution in [0.5, 0.6) is 0 Å². The Bertz CT molecular complexity index is 806. The lowest BCUT2D eigenvalue weighted by atomic mass is 10.2. The van der Waals surface area contributed by atoms with E-state index in [2.05, 4.69) is 20.3 Å². The summed E-state index contributed by atoms with van der Waals surface area (Å²) in [6.45, 7) is 0.790. The van der Waals surface area contributed by atoms with Gasteiger partial charge in [0.2, 0.25) is 0 Å². The molecule has 0 bridgehead atoms. The molecular weight excluding hydrogens is 308 g/mol. The molecule has 3 rings (SSSR count). The minimum atomic E-state index is -0.148. The van der Waals surface area contributed by atoms with Crippen molar-refractivity contribution in [1.29, 1.82) is 0 Å². The van der Waals surface area contributed by atoms with E-state index in [-0.39, 0.29) is 5.56 Å². The van der Waals surface area contributed by atoms with Crippen LogP contribution >= 0.6 is 11.8 Å². The molecule has 5 nitrogen and oxygen atoms in total. The van der Waals surface area contributed by atoms with E-state index in [9.17, 15) is 4.79 Å². The molecule has 1 aromatic carbocycles. The maximum atomic E-state index is 11.8. The van der Waals surface area contributed by atoms with E-state index in [1.807, 2.05) is 42.5 Å². The Morgan fingerprint density at radius 3 is 2.65 bits per heavy atom. The van der Waals surface area contributed by atoms with Gasteiger partial charge in [0.15, 0.2) is 5.16 Å². The summed E-state index contributed by atoms with van der Waals surface area (Å²) in [6.07, 6.45) is 3.38. The van der Waals surface area contributed by atoms with Crippen molar-refractivity contribution in [2.75, 3.05) is 17.6 Å². The summed E-state index contributed by atoms with van der Waals surface area (Å²) >= 11 is 1.52. The van der Waals surface area contributed by atoms with Gasteiger partial charge in [0, 0.05) is 42.0 Å². The lowest BCUT2D eigenvalue weighted by molar-refractivity contribution is 0.941. The summed E-state index contributed by atoms with van der Waals surface area (Å²) in [4.78, 5) is 23.0. The second-order valence-corrected chi connectivity index (χ2v) is 5.90. The fourth-order valence-corrected chi connectivity index (χ4v) is 2.81. The molecule has 2 heterocycles. The number of nitrogens with zero attached hydrogens (tertiary/aromatic N) is 2. The Labute approximate surface area is 138 Å². The maximum absolute atomic E-state index is 11.8. The van der Waals surface area contributed by atoms with E-state index in [4.69, 9.17) is 0 Å². The van der Waals surface area contributed by atoms with Crippen LogP contribution < -0.4 is 10.9 Å². The average Bonchev–Trinajstić information content (AvgIpc) is 2.60. The number of benzene rings is 1. The maximum Gasteiger partial charge on any atom is 0.252 e. The topological polar surface area (TPSA) is 70.7 Å². The zero-order valence-electron chi connectivity index (χ0n) is 12.4. The molecule has 0 aliphatic carbocycles. The lowest BCUT2D eigenvalue weighted by Crippen LogP contribution is -2.10. The van der Waals surface area contributed by atoms with E-state index in [1.54, 1.807) is 12.4 Å². The van der Waals surface area contributed by atoms with Crippen LogP contribution in [0.4, 0.5) is 5.69 Å². The van der Waals surface area contributed by atoms with Crippen LogP contribution in [-0.2, 0) is 0 Å². The zero-order chi connectivity index (χ0) is 15.9.